The number of hydrogen-bond donors (Lipinski definition) is 1. The summed E-state index contributed by atoms with van der Waals surface area (Å²) in [5.41, 5.74) is 0.589. The number of nitrogens with one attached hydrogen (secondary N) is 1. The Hall–Kier alpha value is -1.20. The zero-order valence-corrected chi connectivity index (χ0v) is 11.5. The minimum absolute atomic E-state index is 0.104. The molecule has 0 spiro atoms. The maximum Gasteiger partial charge on any atom is 0.416 e. The lowest BCUT2D eigenvalue weighted by molar-refractivity contribution is -0.137. The molecule has 1 atom stereocenters. The van der Waals surface area contributed by atoms with E-state index in [1.54, 1.807) is 0 Å². The summed E-state index contributed by atoms with van der Waals surface area (Å²) in [5, 5.41) is 7.13. The van der Waals surface area contributed by atoms with Crippen LogP contribution in [0.25, 0.3) is 0 Å². The highest BCUT2D eigenvalue weighted by Crippen LogP contribution is 2.35. The van der Waals surface area contributed by atoms with Gasteiger partial charge in [0.25, 0.3) is 0 Å². The van der Waals surface area contributed by atoms with Crippen LogP contribution in [0.3, 0.4) is 0 Å². The topological polar surface area (TPSA) is 12.0 Å². The Kier molecular flexibility index (Phi) is 4.06. The molecule has 0 fully saturated rings. The van der Waals surface area contributed by atoms with Crippen LogP contribution >= 0.6 is 22.9 Å². The standard InChI is InChI=1S/C13H11ClF3NS/c1-8(9-4-5-19-7-9)18-12-6-10(13(15,16)17)2-3-11(12)14/h2-8,18H,1H3. The molecule has 1 N–H and O–H groups in total. The monoisotopic (exact) mass is 305 g/mol. The van der Waals surface area contributed by atoms with Crippen LogP contribution in [0.5, 0.6) is 0 Å². The third-order valence-corrected chi connectivity index (χ3v) is 3.74. The van der Waals surface area contributed by atoms with Crippen molar-refractivity contribution in [3.8, 4) is 0 Å². The van der Waals surface area contributed by atoms with Crippen molar-refractivity contribution < 1.29 is 13.2 Å². The number of thiophene rings is 1. The summed E-state index contributed by atoms with van der Waals surface area (Å²) in [6, 6.07) is 5.08. The molecule has 102 valence electrons. The Morgan fingerprint density at radius 3 is 2.58 bits per heavy atom. The van der Waals surface area contributed by atoms with Gasteiger partial charge in [0.15, 0.2) is 0 Å². The lowest BCUT2D eigenvalue weighted by atomic mass is 10.1. The molecule has 0 saturated heterocycles. The summed E-state index contributed by atoms with van der Waals surface area (Å²) in [6.45, 7) is 1.87. The highest BCUT2D eigenvalue weighted by Gasteiger charge is 2.31. The van der Waals surface area contributed by atoms with Crippen molar-refractivity contribution in [2.45, 2.75) is 19.1 Å². The Morgan fingerprint density at radius 1 is 1.26 bits per heavy atom. The summed E-state index contributed by atoms with van der Waals surface area (Å²) in [7, 11) is 0. The summed E-state index contributed by atoms with van der Waals surface area (Å²) < 4.78 is 37.9. The highest BCUT2D eigenvalue weighted by atomic mass is 35.5. The number of halogens is 4. The smallest absolute Gasteiger partial charge is 0.377 e. The molecule has 1 aromatic heterocycles. The highest BCUT2D eigenvalue weighted by molar-refractivity contribution is 7.08. The maximum absolute atomic E-state index is 12.6. The molecule has 1 unspecified atom stereocenters. The first-order valence-corrected chi connectivity index (χ1v) is 6.85. The molecule has 0 bridgehead atoms. The van der Waals surface area contributed by atoms with Gasteiger partial charge in [-0.05, 0) is 47.5 Å². The molecule has 0 amide bonds. The van der Waals surface area contributed by atoms with Crippen LogP contribution in [0.15, 0.2) is 35.0 Å². The molecule has 2 aromatic rings. The van der Waals surface area contributed by atoms with E-state index in [1.165, 1.54) is 17.4 Å². The molecule has 0 saturated carbocycles. The van der Waals surface area contributed by atoms with E-state index in [2.05, 4.69) is 5.32 Å². The summed E-state index contributed by atoms with van der Waals surface area (Å²) in [4.78, 5) is 0. The first-order valence-electron chi connectivity index (χ1n) is 5.53. The third kappa shape index (κ3) is 3.42. The molecule has 0 aliphatic carbocycles. The molecule has 6 heteroatoms. The van der Waals surface area contributed by atoms with Crippen LogP contribution in [0.1, 0.15) is 24.1 Å². The Bertz CT molecular complexity index is 552. The fourth-order valence-electron chi connectivity index (χ4n) is 1.65. The van der Waals surface area contributed by atoms with Crippen molar-refractivity contribution in [1.29, 1.82) is 0 Å². The van der Waals surface area contributed by atoms with E-state index in [0.717, 1.165) is 17.7 Å². The molecule has 0 aliphatic heterocycles. The number of alkyl halides is 3. The van der Waals surface area contributed by atoms with Gasteiger partial charge in [0.1, 0.15) is 0 Å². The Labute approximate surface area is 118 Å². The van der Waals surface area contributed by atoms with Gasteiger partial charge in [-0.1, -0.05) is 11.6 Å². The normalized spacial score (nSPS) is 13.3. The Balaban J connectivity index is 2.25. The van der Waals surface area contributed by atoms with Gasteiger partial charge in [-0.15, -0.1) is 0 Å². The van der Waals surface area contributed by atoms with Gasteiger partial charge in [0.2, 0.25) is 0 Å². The fraction of sp³-hybridized carbons (Fsp3) is 0.231. The van der Waals surface area contributed by atoms with Gasteiger partial charge in [0, 0.05) is 6.04 Å². The van der Waals surface area contributed by atoms with Gasteiger partial charge in [-0.25, -0.2) is 0 Å². The first kappa shape index (κ1) is 14.2. The zero-order chi connectivity index (χ0) is 14.0. The summed E-state index contributed by atoms with van der Waals surface area (Å²) >= 11 is 7.46. The van der Waals surface area contributed by atoms with Crippen LogP contribution in [0.2, 0.25) is 5.02 Å². The van der Waals surface area contributed by atoms with Crippen LogP contribution in [0.4, 0.5) is 18.9 Å². The maximum atomic E-state index is 12.6. The Morgan fingerprint density at radius 2 is 2.00 bits per heavy atom. The molecular formula is C13H11ClF3NS. The van der Waals surface area contributed by atoms with Gasteiger partial charge in [-0.2, -0.15) is 24.5 Å². The molecular weight excluding hydrogens is 295 g/mol. The van der Waals surface area contributed by atoms with Crippen molar-refractivity contribution in [3.63, 3.8) is 0 Å². The molecule has 0 radical (unpaired) electrons. The van der Waals surface area contributed by atoms with Crippen molar-refractivity contribution in [2.75, 3.05) is 5.32 Å². The number of anilines is 1. The van der Waals surface area contributed by atoms with E-state index >= 15 is 0 Å². The largest absolute Gasteiger partial charge is 0.416 e. The summed E-state index contributed by atoms with van der Waals surface area (Å²) in [5.74, 6) is 0. The van der Waals surface area contributed by atoms with E-state index in [4.69, 9.17) is 11.6 Å². The van der Waals surface area contributed by atoms with Gasteiger partial charge < -0.3 is 5.32 Å². The van der Waals surface area contributed by atoms with E-state index in [9.17, 15) is 13.2 Å². The van der Waals surface area contributed by atoms with Crippen molar-refractivity contribution in [1.82, 2.24) is 0 Å². The lowest BCUT2D eigenvalue weighted by Gasteiger charge is -2.17. The van der Waals surface area contributed by atoms with Gasteiger partial charge >= 0.3 is 6.18 Å². The first-order chi connectivity index (χ1) is 8.88. The molecule has 1 nitrogen and oxygen atoms in total. The second-order valence-corrected chi connectivity index (χ2v) is 5.30. The average molecular weight is 306 g/mol. The zero-order valence-electron chi connectivity index (χ0n) is 9.96. The molecule has 1 aromatic carbocycles. The molecule has 2 rings (SSSR count). The van der Waals surface area contributed by atoms with Crippen LogP contribution in [-0.2, 0) is 6.18 Å². The minimum Gasteiger partial charge on any atom is -0.377 e. The van der Waals surface area contributed by atoms with E-state index in [0.29, 0.717) is 0 Å². The van der Waals surface area contributed by atoms with Crippen molar-refractivity contribution in [2.24, 2.45) is 0 Å². The minimum atomic E-state index is -4.37. The second kappa shape index (κ2) is 5.43. The van der Waals surface area contributed by atoms with E-state index in [-0.39, 0.29) is 16.8 Å². The number of hydrogen-bond acceptors (Lipinski definition) is 2. The predicted octanol–water partition coefficient (Wildman–Crippen LogP) is 5.59. The SMILES string of the molecule is CC(Nc1cc(C(F)(F)F)ccc1Cl)c1ccsc1. The van der Waals surface area contributed by atoms with Gasteiger partial charge in [-0.3, -0.25) is 0 Å². The van der Waals surface area contributed by atoms with Crippen molar-refractivity contribution >= 4 is 28.6 Å². The second-order valence-electron chi connectivity index (χ2n) is 4.12. The lowest BCUT2D eigenvalue weighted by Crippen LogP contribution is -2.09. The average Bonchev–Trinajstić information content (AvgIpc) is 2.84. The van der Waals surface area contributed by atoms with Crippen LogP contribution in [0, 0.1) is 0 Å². The van der Waals surface area contributed by atoms with E-state index in [1.807, 2.05) is 23.8 Å². The van der Waals surface area contributed by atoms with Crippen LogP contribution in [-0.4, -0.2) is 0 Å². The van der Waals surface area contributed by atoms with Crippen LogP contribution < -0.4 is 5.32 Å². The predicted molar refractivity (Wildman–Crippen MR) is 72.8 cm³/mol. The number of rotatable bonds is 3. The van der Waals surface area contributed by atoms with Gasteiger partial charge in [0.05, 0.1) is 16.3 Å². The fourth-order valence-corrected chi connectivity index (χ4v) is 2.58. The quantitative estimate of drug-likeness (QED) is 0.779. The van der Waals surface area contributed by atoms with Crippen molar-refractivity contribution in [3.05, 3.63) is 51.2 Å². The summed E-state index contributed by atoms with van der Waals surface area (Å²) in [6.07, 6.45) is -4.37. The number of benzene rings is 1. The molecule has 19 heavy (non-hydrogen) atoms. The molecule has 0 aliphatic rings. The molecule has 1 heterocycles. The third-order valence-electron chi connectivity index (χ3n) is 2.71. The van der Waals surface area contributed by atoms with E-state index < -0.39 is 11.7 Å².